The molecule has 0 spiro atoms. The maximum absolute atomic E-state index is 12.1. The SMILES string of the molecule is O=C(NCc1ccccc1)c1ccc(OC[C@H]2CCCO2)cc1. The number of ether oxygens (including phenoxy) is 2. The van der Waals surface area contributed by atoms with Crippen molar-refractivity contribution in [1.29, 1.82) is 0 Å². The fourth-order valence-corrected chi connectivity index (χ4v) is 2.55. The van der Waals surface area contributed by atoms with Crippen LogP contribution < -0.4 is 10.1 Å². The van der Waals surface area contributed by atoms with Crippen molar-refractivity contribution in [3.8, 4) is 5.75 Å². The summed E-state index contributed by atoms with van der Waals surface area (Å²) >= 11 is 0. The minimum absolute atomic E-state index is 0.0838. The van der Waals surface area contributed by atoms with Gasteiger partial charge in [-0.15, -0.1) is 0 Å². The summed E-state index contributed by atoms with van der Waals surface area (Å²) in [5.74, 6) is 0.680. The van der Waals surface area contributed by atoms with Gasteiger partial charge < -0.3 is 14.8 Å². The van der Waals surface area contributed by atoms with Crippen LogP contribution in [0.2, 0.25) is 0 Å². The zero-order valence-electron chi connectivity index (χ0n) is 13.0. The van der Waals surface area contributed by atoms with Crippen LogP contribution in [0.15, 0.2) is 54.6 Å². The van der Waals surface area contributed by atoms with Crippen LogP contribution in [0.1, 0.15) is 28.8 Å². The first-order valence-electron chi connectivity index (χ1n) is 7.98. The highest BCUT2D eigenvalue weighted by molar-refractivity contribution is 5.94. The van der Waals surface area contributed by atoms with E-state index in [0.29, 0.717) is 18.7 Å². The topological polar surface area (TPSA) is 47.6 Å². The largest absolute Gasteiger partial charge is 0.491 e. The van der Waals surface area contributed by atoms with Gasteiger partial charge in [0.25, 0.3) is 5.91 Å². The van der Waals surface area contributed by atoms with Crippen molar-refractivity contribution in [3.63, 3.8) is 0 Å². The molecule has 0 bridgehead atoms. The number of amides is 1. The molecule has 2 aromatic rings. The quantitative estimate of drug-likeness (QED) is 0.891. The van der Waals surface area contributed by atoms with E-state index in [1.54, 1.807) is 12.1 Å². The molecule has 120 valence electrons. The second-order valence-electron chi connectivity index (χ2n) is 5.64. The number of carbonyl (C=O) groups excluding carboxylic acids is 1. The normalized spacial score (nSPS) is 17.0. The maximum Gasteiger partial charge on any atom is 0.251 e. The zero-order valence-corrected chi connectivity index (χ0v) is 13.0. The number of hydrogen-bond acceptors (Lipinski definition) is 3. The monoisotopic (exact) mass is 311 g/mol. The Balaban J connectivity index is 1.48. The van der Waals surface area contributed by atoms with Gasteiger partial charge in [0.05, 0.1) is 6.10 Å². The van der Waals surface area contributed by atoms with Crippen molar-refractivity contribution in [1.82, 2.24) is 5.32 Å². The summed E-state index contributed by atoms with van der Waals surface area (Å²) < 4.78 is 11.2. The van der Waals surface area contributed by atoms with Gasteiger partial charge in [-0.1, -0.05) is 30.3 Å². The van der Waals surface area contributed by atoms with Crippen LogP contribution in [0.4, 0.5) is 0 Å². The summed E-state index contributed by atoms with van der Waals surface area (Å²) in [6.45, 7) is 1.92. The van der Waals surface area contributed by atoms with Crippen molar-refractivity contribution in [3.05, 3.63) is 65.7 Å². The molecule has 0 saturated carbocycles. The molecule has 0 unspecified atom stereocenters. The van der Waals surface area contributed by atoms with Crippen molar-refractivity contribution >= 4 is 5.91 Å². The fraction of sp³-hybridized carbons (Fsp3) is 0.316. The molecule has 1 aliphatic heterocycles. The van der Waals surface area contributed by atoms with Gasteiger partial charge >= 0.3 is 0 Å². The Morgan fingerprint density at radius 1 is 1.13 bits per heavy atom. The molecule has 1 amide bonds. The second-order valence-corrected chi connectivity index (χ2v) is 5.64. The molecule has 23 heavy (non-hydrogen) atoms. The summed E-state index contributed by atoms with van der Waals surface area (Å²) in [6, 6.07) is 17.1. The zero-order chi connectivity index (χ0) is 15.9. The van der Waals surface area contributed by atoms with E-state index in [4.69, 9.17) is 9.47 Å². The lowest BCUT2D eigenvalue weighted by atomic mass is 10.2. The highest BCUT2D eigenvalue weighted by Crippen LogP contribution is 2.16. The molecule has 1 aliphatic rings. The number of hydrogen-bond donors (Lipinski definition) is 1. The average molecular weight is 311 g/mol. The van der Waals surface area contributed by atoms with E-state index < -0.39 is 0 Å². The van der Waals surface area contributed by atoms with Gasteiger partial charge in [0.2, 0.25) is 0 Å². The fourth-order valence-electron chi connectivity index (χ4n) is 2.55. The van der Waals surface area contributed by atoms with Crippen LogP contribution in [0.5, 0.6) is 5.75 Å². The lowest BCUT2D eigenvalue weighted by Gasteiger charge is -2.11. The minimum atomic E-state index is -0.0838. The molecular formula is C19H21NO3. The molecule has 4 heteroatoms. The summed E-state index contributed by atoms with van der Waals surface area (Å²) in [5.41, 5.74) is 1.71. The third-order valence-corrected chi connectivity index (χ3v) is 3.87. The van der Waals surface area contributed by atoms with E-state index >= 15 is 0 Å². The molecule has 0 aromatic heterocycles. The molecule has 0 aliphatic carbocycles. The van der Waals surface area contributed by atoms with Crippen LogP contribution in [0.3, 0.4) is 0 Å². The van der Waals surface area contributed by atoms with Crippen molar-refractivity contribution in [2.24, 2.45) is 0 Å². The standard InChI is InChI=1S/C19H21NO3/c21-19(20-13-15-5-2-1-3-6-15)16-8-10-17(11-9-16)23-14-18-7-4-12-22-18/h1-3,5-6,8-11,18H,4,7,12-14H2,(H,20,21)/t18-/m1/s1. The number of rotatable bonds is 6. The summed E-state index contributed by atoms with van der Waals surface area (Å²) in [6.07, 6.45) is 2.36. The predicted octanol–water partition coefficient (Wildman–Crippen LogP) is 3.17. The third-order valence-electron chi connectivity index (χ3n) is 3.87. The first kappa shape index (κ1) is 15.6. The lowest BCUT2D eigenvalue weighted by molar-refractivity contribution is 0.0679. The van der Waals surface area contributed by atoms with Gasteiger partial charge in [0.1, 0.15) is 12.4 Å². The highest BCUT2D eigenvalue weighted by atomic mass is 16.5. The van der Waals surface area contributed by atoms with Crippen molar-refractivity contribution in [2.75, 3.05) is 13.2 Å². The van der Waals surface area contributed by atoms with E-state index in [2.05, 4.69) is 5.32 Å². The molecule has 4 nitrogen and oxygen atoms in total. The summed E-state index contributed by atoms with van der Waals surface area (Å²) in [7, 11) is 0. The minimum Gasteiger partial charge on any atom is -0.491 e. The van der Waals surface area contributed by atoms with Gasteiger partial charge in [-0.05, 0) is 42.7 Å². The number of carbonyl (C=O) groups is 1. The van der Waals surface area contributed by atoms with Gasteiger partial charge in [-0.2, -0.15) is 0 Å². The van der Waals surface area contributed by atoms with Crippen molar-refractivity contribution < 1.29 is 14.3 Å². The Hall–Kier alpha value is -2.33. The molecule has 2 aromatic carbocycles. The molecule has 0 radical (unpaired) electrons. The summed E-state index contributed by atoms with van der Waals surface area (Å²) in [4.78, 5) is 12.1. The van der Waals surface area contributed by atoms with E-state index in [0.717, 1.165) is 30.8 Å². The maximum atomic E-state index is 12.1. The Morgan fingerprint density at radius 2 is 1.91 bits per heavy atom. The van der Waals surface area contributed by atoms with Crippen molar-refractivity contribution in [2.45, 2.75) is 25.5 Å². The van der Waals surface area contributed by atoms with E-state index in [1.165, 1.54) is 0 Å². The van der Waals surface area contributed by atoms with E-state index in [9.17, 15) is 4.79 Å². The van der Waals surface area contributed by atoms with Gasteiger partial charge in [0, 0.05) is 18.7 Å². The Bertz CT molecular complexity index is 619. The van der Waals surface area contributed by atoms with Gasteiger partial charge in [0.15, 0.2) is 0 Å². The smallest absolute Gasteiger partial charge is 0.251 e. The molecular weight excluding hydrogens is 290 g/mol. The predicted molar refractivity (Wildman–Crippen MR) is 88.5 cm³/mol. The molecule has 1 heterocycles. The number of benzene rings is 2. The first-order chi connectivity index (χ1) is 11.3. The average Bonchev–Trinajstić information content (AvgIpc) is 3.13. The first-order valence-corrected chi connectivity index (χ1v) is 7.98. The third kappa shape index (κ3) is 4.57. The van der Waals surface area contributed by atoms with E-state index in [-0.39, 0.29) is 12.0 Å². The lowest BCUT2D eigenvalue weighted by Crippen LogP contribution is -2.22. The van der Waals surface area contributed by atoms with Crippen LogP contribution in [-0.4, -0.2) is 25.2 Å². The van der Waals surface area contributed by atoms with Crippen LogP contribution >= 0.6 is 0 Å². The number of nitrogens with one attached hydrogen (secondary N) is 1. The molecule has 1 atom stereocenters. The van der Waals surface area contributed by atoms with Gasteiger partial charge in [-0.25, -0.2) is 0 Å². The van der Waals surface area contributed by atoms with E-state index in [1.807, 2.05) is 42.5 Å². The highest BCUT2D eigenvalue weighted by Gasteiger charge is 2.16. The van der Waals surface area contributed by atoms with Crippen LogP contribution in [0.25, 0.3) is 0 Å². The van der Waals surface area contributed by atoms with Crippen LogP contribution in [-0.2, 0) is 11.3 Å². The molecule has 1 saturated heterocycles. The molecule has 3 rings (SSSR count). The second kappa shape index (κ2) is 7.79. The van der Waals surface area contributed by atoms with Gasteiger partial charge in [-0.3, -0.25) is 4.79 Å². The van der Waals surface area contributed by atoms with Crippen LogP contribution in [0, 0.1) is 0 Å². The molecule has 1 N–H and O–H groups in total. The molecule has 1 fully saturated rings. The Labute approximate surface area is 136 Å². The Kier molecular flexibility index (Phi) is 5.27. The Morgan fingerprint density at radius 3 is 2.61 bits per heavy atom. The summed E-state index contributed by atoms with van der Waals surface area (Å²) in [5, 5.41) is 2.91.